The maximum atomic E-state index is 12.6. The van der Waals surface area contributed by atoms with E-state index in [1.54, 1.807) is 17.0 Å². The Kier molecular flexibility index (Phi) is 6.21. The quantitative estimate of drug-likeness (QED) is 0.797. The number of carboxylic acid groups (broad SMARTS) is 1. The number of rotatable bonds is 3. The fourth-order valence-corrected chi connectivity index (χ4v) is 3.25. The molecule has 1 atom stereocenters. The van der Waals surface area contributed by atoms with Crippen molar-refractivity contribution in [2.75, 3.05) is 0 Å². The zero-order chi connectivity index (χ0) is 18.2. The number of nitrogens with zero attached hydrogens (tertiary/aromatic N) is 1. The number of carbonyl (C=O) groups is 1. The first-order valence-electron chi connectivity index (χ1n) is 7.64. The number of fused-ring (bicyclic) bond motifs is 1. The predicted octanol–water partition coefficient (Wildman–Crippen LogP) is 4.79. The molecule has 2 aromatic carbocycles. The van der Waals surface area contributed by atoms with E-state index in [0.29, 0.717) is 23.6 Å². The van der Waals surface area contributed by atoms with E-state index in [-0.39, 0.29) is 19.0 Å². The molecule has 3 rings (SSSR count). The van der Waals surface area contributed by atoms with Gasteiger partial charge in [0.1, 0.15) is 6.04 Å². The lowest BCUT2D eigenvalue weighted by Crippen LogP contribution is -2.45. The van der Waals surface area contributed by atoms with Gasteiger partial charge in [-0.25, -0.2) is 0 Å². The molecule has 140 valence electrons. The van der Waals surface area contributed by atoms with Crippen LogP contribution in [0.1, 0.15) is 22.3 Å². The molecule has 1 aliphatic rings. The van der Waals surface area contributed by atoms with Crippen molar-refractivity contribution in [2.24, 2.45) is 0 Å². The van der Waals surface area contributed by atoms with Crippen molar-refractivity contribution in [1.82, 2.24) is 4.90 Å². The summed E-state index contributed by atoms with van der Waals surface area (Å²) in [7, 11) is 0. The lowest BCUT2D eigenvalue weighted by molar-refractivity contribution is -0.144. The normalized spacial score (nSPS) is 17.3. The first kappa shape index (κ1) is 20.6. The van der Waals surface area contributed by atoms with Gasteiger partial charge in [-0.1, -0.05) is 29.8 Å². The average molecular weight is 406 g/mol. The molecule has 1 heterocycles. The van der Waals surface area contributed by atoms with Crippen LogP contribution < -0.4 is 0 Å². The molecular weight excluding hydrogens is 390 g/mol. The summed E-state index contributed by atoms with van der Waals surface area (Å²) in [5.74, 6) is -0.951. The second-order valence-electron chi connectivity index (χ2n) is 6.07. The number of benzene rings is 2. The van der Waals surface area contributed by atoms with E-state index in [9.17, 15) is 23.1 Å². The fourth-order valence-electron chi connectivity index (χ4n) is 3.05. The van der Waals surface area contributed by atoms with Crippen molar-refractivity contribution in [3.63, 3.8) is 0 Å². The van der Waals surface area contributed by atoms with Gasteiger partial charge in [0.05, 0.1) is 5.56 Å². The minimum atomic E-state index is -4.39. The van der Waals surface area contributed by atoms with Crippen molar-refractivity contribution in [2.45, 2.75) is 31.7 Å². The van der Waals surface area contributed by atoms with Gasteiger partial charge in [-0.05, 0) is 47.4 Å². The van der Waals surface area contributed by atoms with Crippen molar-refractivity contribution in [3.8, 4) is 0 Å². The van der Waals surface area contributed by atoms with Crippen LogP contribution in [0.25, 0.3) is 0 Å². The Hall–Kier alpha value is -1.76. The summed E-state index contributed by atoms with van der Waals surface area (Å²) in [6.07, 6.45) is -4.05. The highest BCUT2D eigenvalue weighted by Gasteiger charge is 2.32. The van der Waals surface area contributed by atoms with E-state index in [4.69, 9.17) is 11.6 Å². The predicted molar refractivity (Wildman–Crippen MR) is 94.5 cm³/mol. The third-order valence-electron chi connectivity index (χ3n) is 4.35. The van der Waals surface area contributed by atoms with E-state index in [0.717, 1.165) is 23.3 Å². The number of hydrogen-bond acceptors (Lipinski definition) is 2. The lowest BCUT2D eigenvalue weighted by atomic mass is 9.93. The highest BCUT2D eigenvalue weighted by Crippen LogP contribution is 2.30. The Labute approximate surface area is 159 Å². The summed E-state index contributed by atoms with van der Waals surface area (Å²) in [4.78, 5) is 13.3. The minimum absolute atomic E-state index is 0. The maximum absolute atomic E-state index is 12.6. The van der Waals surface area contributed by atoms with E-state index >= 15 is 0 Å². The van der Waals surface area contributed by atoms with Crippen LogP contribution in [0.5, 0.6) is 0 Å². The van der Waals surface area contributed by atoms with Gasteiger partial charge in [0, 0.05) is 18.1 Å². The average Bonchev–Trinajstić information content (AvgIpc) is 2.53. The molecular formula is C18H16Cl2F3NO2. The molecule has 1 N–H and O–H groups in total. The molecule has 1 unspecified atom stereocenters. The molecule has 26 heavy (non-hydrogen) atoms. The van der Waals surface area contributed by atoms with E-state index in [1.807, 2.05) is 6.07 Å². The van der Waals surface area contributed by atoms with Gasteiger partial charge < -0.3 is 5.11 Å². The van der Waals surface area contributed by atoms with E-state index < -0.39 is 23.8 Å². The molecule has 0 amide bonds. The van der Waals surface area contributed by atoms with Gasteiger partial charge in [0.25, 0.3) is 0 Å². The second kappa shape index (κ2) is 7.86. The van der Waals surface area contributed by atoms with Gasteiger partial charge in [0.2, 0.25) is 0 Å². The topological polar surface area (TPSA) is 40.5 Å². The Bertz CT molecular complexity index is 794. The Balaban J connectivity index is 0.00000243. The third kappa shape index (κ3) is 4.50. The Morgan fingerprint density at radius 3 is 2.38 bits per heavy atom. The first-order valence-corrected chi connectivity index (χ1v) is 8.02. The molecule has 0 bridgehead atoms. The number of halogens is 5. The summed E-state index contributed by atoms with van der Waals surface area (Å²) < 4.78 is 37.9. The van der Waals surface area contributed by atoms with Gasteiger partial charge in [-0.3, -0.25) is 9.69 Å². The fraction of sp³-hybridized carbons (Fsp3) is 0.278. The molecule has 0 spiro atoms. The molecule has 0 radical (unpaired) electrons. The molecule has 0 saturated heterocycles. The van der Waals surface area contributed by atoms with Gasteiger partial charge in [-0.15, -0.1) is 12.4 Å². The van der Waals surface area contributed by atoms with Gasteiger partial charge in [0.15, 0.2) is 0 Å². The van der Waals surface area contributed by atoms with Crippen LogP contribution in [0.3, 0.4) is 0 Å². The van der Waals surface area contributed by atoms with E-state index in [2.05, 4.69) is 0 Å². The SMILES string of the molecule is Cl.O=C(O)C1Cc2ccc(Cl)cc2CN1Cc1ccc(C(F)(F)F)cc1. The smallest absolute Gasteiger partial charge is 0.416 e. The van der Waals surface area contributed by atoms with Crippen molar-refractivity contribution in [3.05, 3.63) is 69.7 Å². The number of carboxylic acids is 1. The molecule has 0 fully saturated rings. The molecule has 2 aromatic rings. The zero-order valence-electron chi connectivity index (χ0n) is 13.5. The Morgan fingerprint density at radius 2 is 1.81 bits per heavy atom. The van der Waals surface area contributed by atoms with Crippen LogP contribution in [0.2, 0.25) is 5.02 Å². The largest absolute Gasteiger partial charge is 0.480 e. The summed E-state index contributed by atoms with van der Waals surface area (Å²) >= 11 is 6.00. The zero-order valence-corrected chi connectivity index (χ0v) is 15.0. The maximum Gasteiger partial charge on any atom is 0.416 e. The number of hydrogen-bond donors (Lipinski definition) is 1. The number of alkyl halides is 3. The number of aliphatic carboxylic acids is 1. The molecule has 0 aromatic heterocycles. The van der Waals surface area contributed by atoms with Crippen LogP contribution >= 0.6 is 24.0 Å². The molecule has 3 nitrogen and oxygen atoms in total. The summed E-state index contributed by atoms with van der Waals surface area (Å²) in [6.45, 7) is 0.634. The summed E-state index contributed by atoms with van der Waals surface area (Å²) in [6, 6.07) is 9.42. The van der Waals surface area contributed by atoms with Crippen LogP contribution in [-0.4, -0.2) is 22.0 Å². The second-order valence-corrected chi connectivity index (χ2v) is 6.51. The van der Waals surface area contributed by atoms with Crippen LogP contribution in [0.15, 0.2) is 42.5 Å². The Morgan fingerprint density at radius 1 is 1.15 bits per heavy atom. The van der Waals surface area contributed by atoms with Crippen LogP contribution in [0, 0.1) is 0 Å². The van der Waals surface area contributed by atoms with Crippen molar-refractivity contribution >= 4 is 30.0 Å². The molecule has 0 aliphatic carbocycles. The third-order valence-corrected chi connectivity index (χ3v) is 4.58. The molecule has 8 heteroatoms. The summed E-state index contributed by atoms with van der Waals surface area (Å²) in [5.41, 5.74) is 1.78. The van der Waals surface area contributed by atoms with Crippen molar-refractivity contribution in [1.29, 1.82) is 0 Å². The van der Waals surface area contributed by atoms with Gasteiger partial charge in [-0.2, -0.15) is 13.2 Å². The van der Waals surface area contributed by atoms with Crippen molar-refractivity contribution < 1.29 is 23.1 Å². The lowest BCUT2D eigenvalue weighted by Gasteiger charge is -2.34. The molecule has 1 aliphatic heterocycles. The highest BCUT2D eigenvalue weighted by molar-refractivity contribution is 6.30. The summed E-state index contributed by atoms with van der Waals surface area (Å²) in [5, 5.41) is 10.1. The minimum Gasteiger partial charge on any atom is -0.480 e. The first-order chi connectivity index (χ1) is 11.7. The van der Waals surface area contributed by atoms with Crippen LogP contribution in [0.4, 0.5) is 13.2 Å². The molecule has 0 saturated carbocycles. The van der Waals surface area contributed by atoms with E-state index in [1.165, 1.54) is 12.1 Å². The van der Waals surface area contributed by atoms with Gasteiger partial charge >= 0.3 is 12.1 Å². The van der Waals surface area contributed by atoms with Crippen LogP contribution in [-0.2, 0) is 30.5 Å². The monoisotopic (exact) mass is 405 g/mol. The highest BCUT2D eigenvalue weighted by atomic mass is 35.5. The standard InChI is InChI=1S/C18H15ClF3NO2.ClH/c19-15-6-3-12-8-16(17(24)25)23(10-13(12)7-15)9-11-1-4-14(5-2-11)18(20,21)22;/h1-7,16H,8-10H2,(H,24,25);1H.